The average Bonchev–Trinajstić information content (AvgIpc) is 3.06. The Morgan fingerprint density at radius 3 is 2.96 bits per heavy atom. The van der Waals surface area contributed by atoms with Crippen LogP contribution in [0.2, 0.25) is 0 Å². The standard InChI is InChI=1S/C17H24N4O3/c1-20(8-9-24-2)17(18)19-16(13-4-3-5-15(23)10-13)14-6-7-21(11-14)12-22/h3-5,10,12,23H,6-9,11H2,1-2H3,(H2,18,19). The van der Waals surface area contributed by atoms with Crippen LogP contribution in [0.1, 0.15) is 12.0 Å². The summed E-state index contributed by atoms with van der Waals surface area (Å²) >= 11 is 0. The molecule has 0 aromatic heterocycles. The summed E-state index contributed by atoms with van der Waals surface area (Å²) in [5, 5.41) is 9.77. The maximum absolute atomic E-state index is 11.0. The first-order chi connectivity index (χ1) is 11.5. The van der Waals surface area contributed by atoms with Gasteiger partial charge in [-0.2, -0.15) is 0 Å². The maximum atomic E-state index is 11.0. The van der Waals surface area contributed by atoms with Gasteiger partial charge in [0.2, 0.25) is 6.41 Å². The van der Waals surface area contributed by atoms with Crippen molar-refractivity contribution in [1.29, 1.82) is 0 Å². The third kappa shape index (κ3) is 4.48. The van der Waals surface area contributed by atoms with E-state index < -0.39 is 0 Å². The summed E-state index contributed by atoms with van der Waals surface area (Å²) in [6.07, 6.45) is 1.58. The predicted octanol–water partition coefficient (Wildman–Crippen LogP) is 0.858. The number of carbonyl (C=O) groups excluding carboxylic acids is 1. The highest BCUT2D eigenvalue weighted by atomic mass is 16.5. The third-order valence-corrected chi connectivity index (χ3v) is 3.95. The van der Waals surface area contributed by atoms with Gasteiger partial charge < -0.3 is 25.4 Å². The van der Waals surface area contributed by atoms with Crippen LogP contribution >= 0.6 is 0 Å². The molecule has 0 atom stereocenters. The normalized spacial score (nSPS) is 17.1. The number of benzene rings is 1. The van der Waals surface area contributed by atoms with Crippen molar-refractivity contribution >= 4 is 18.1 Å². The maximum Gasteiger partial charge on any atom is 0.210 e. The Bertz CT molecular complexity index is 642. The van der Waals surface area contributed by atoms with Gasteiger partial charge in [-0.1, -0.05) is 12.1 Å². The number of hydrogen-bond donors (Lipinski definition) is 2. The number of hydrogen-bond acceptors (Lipinski definition) is 4. The Morgan fingerprint density at radius 1 is 1.54 bits per heavy atom. The smallest absolute Gasteiger partial charge is 0.210 e. The van der Waals surface area contributed by atoms with E-state index >= 15 is 0 Å². The Morgan fingerprint density at radius 2 is 2.33 bits per heavy atom. The third-order valence-electron chi connectivity index (χ3n) is 3.95. The second-order valence-electron chi connectivity index (χ2n) is 5.71. The summed E-state index contributed by atoms with van der Waals surface area (Å²) in [6, 6.07) is 6.89. The van der Waals surface area contributed by atoms with Crippen LogP contribution in [0.5, 0.6) is 5.75 Å². The fraction of sp³-hybridized carbons (Fsp3) is 0.412. The largest absolute Gasteiger partial charge is 0.508 e. The van der Waals surface area contributed by atoms with Crippen LogP contribution < -0.4 is 5.73 Å². The molecule has 0 bridgehead atoms. The molecule has 1 amide bonds. The van der Waals surface area contributed by atoms with Crippen LogP contribution in [0.4, 0.5) is 0 Å². The van der Waals surface area contributed by atoms with Gasteiger partial charge in [-0.15, -0.1) is 0 Å². The second-order valence-corrected chi connectivity index (χ2v) is 5.71. The van der Waals surface area contributed by atoms with Gasteiger partial charge in [-0.05, 0) is 24.1 Å². The van der Waals surface area contributed by atoms with Crippen LogP contribution in [-0.4, -0.2) is 67.7 Å². The molecule has 1 fully saturated rings. The minimum absolute atomic E-state index is 0.164. The van der Waals surface area contributed by atoms with E-state index in [0.29, 0.717) is 37.9 Å². The lowest BCUT2D eigenvalue weighted by molar-refractivity contribution is -0.117. The Balaban J connectivity index is 2.37. The van der Waals surface area contributed by atoms with Crippen LogP contribution in [0, 0.1) is 0 Å². The monoisotopic (exact) mass is 332 g/mol. The van der Waals surface area contributed by atoms with Crippen molar-refractivity contribution in [3.63, 3.8) is 0 Å². The fourth-order valence-electron chi connectivity index (χ4n) is 2.51. The molecule has 1 saturated heterocycles. The molecular weight excluding hydrogens is 308 g/mol. The molecule has 7 nitrogen and oxygen atoms in total. The number of amides is 1. The molecule has 0 aliphatic carbocycles. The number of methoxy groups -OCH3 is 1. The minimum atomic E-state index is 0.164. The zero-order valence-electron chi connectivity index (χ0n) is 14.1. The van der Waals surface area contributed by atoms with Crippen molar-refractivity contribution in [1.82, 2.24) is 9.80 Å². The van der Waals surface area contributed by atoms with Crippen LogP contribution in [-0.2, 0) is 9.53 Å². The first-order valence-electron chi connectivity index (χ1n) is 7.80. The zero-order valence-corrected chi connectivity index (χ0v) is 14.1. The minimum Gasteiger partial charge on any atom is -0.508 e. The van der Waals surface area contributed by atoms with Crippen molar-refractivity contribution < 1.29 is 14.6 Å². The Labute approximate surface area is 142 Å². The number of carbonyl (C=O) groups is 1. The van der Waals surface area contributed by atoms with Crippen LogP contribution in [0.15, 0.2) is 34.8 Å². The van der Waals surface area contributed by atoms with Gasteiger partial charge >= 0.3 is 0 Å². The summed E-state index contributed by atoms with van der Waals surface area (Å²) in [7, 11) is 3.48. The fourth-order valence-corrected chi connectivity index (χ4v) is 2.51. The summed E-state index contributed by atoms with van der Waals surface area (Å²) < 4.78 is 5.05. The average molecular weight is 332 g/mol. The highest BCUT2D eigenvalue weighted by molar-refractivity contribution is 5.86. The van der Waals surface area contributed by atoms with E-state index in [1.807, 2.05) is 13.1 Å². The molecule has 0 saturated carbocycles. The second kappa shape index (κ2) is 8.35. The lowest BCUT2D eigenvalue weighted by Gasteiger charge is -2.18. The number of aromatic hydroxyl groups is 1. The van der Waals surface area contributed by atoms with E-state index in [1.165, 1.54) is 0 Å². The first kappa shape index (κ1) is 17.8. The number of likely N-dealkylation sites (tertiary alicyclic amines) is 1. The molecule has 1 aliphatic rings. The zero-order chi connectivity index (χ0) is 17.5. The lowest BCUT2D eigenvalue weighted by atomic mass is 10.1. The topological polar surface area (TPSA) is 91.4 Å². The molecule has 3 N–H and O–H groups in total. The molecule has 0 spiro atoms. The van der Waals surface area contributed by atoms with E-state index in [2.05, 4.69) is 4.99 Å². The molecule has 1 aromatic carbocycles. The van der Waals surface area contributed by atoms with E-state index in [9.17, 15) is 9.90 Å². The van der Waals surface area contributed by atoms with Crippen molar-refractivity contribution in [3.8, 4) is 5.75 Å². The SMILES string of the molecule is COCCN(C)C(N)=NC(=C1CCN(C=O)C1)c1cccc(O)c1. The van der Waals surface area contributed by atoms with Gasteiger partial charge in [0, 0.05) is 39.4 Å². The van der Waals surface area contributed by atoms with Crippen molar-refractivity contribution in [3.05, 3.63) is 35.4 Å². The van der Waals surface area contributed by atoms with E-state index in [1.54, 1.807) is 35.1 Å². The van der Waals surface area contributed by atoms with Gasteiger partial charge in [0.15, 0.2) is 5.96 Å². The molecule has 7 heteroatoms. The Kier molecular flexibility index (Phi) is 6.20. The van der Waals surface area contributed by atoms with Crippen molar-refractivity contribution in [2.75, 3.05) is 40.4 Å². The van der Waals surface area contributed by atoms with Gasteiger partial charge in [-0.3, -0.25) is 4.79 Å². The van der Waals surface area contributed by atoms with Gasteiger partial charge in [0.1, 0.15) is 5.75 Å². The number of aliphatic imine (C=N–C) groups is 1. The number of phenolic OH excluding ortho intramolecular Hbond substituents is 1. The van der Waals surface area contributed by atoms with E-state index in [-0.39, 0.29) is 5.75 Å². The van der Waals surface area contributed by atoms with Gasteiger partial charge in [0.05, 0.1) is 12.3 Å². The molecule has 0 unspecified atom stereocenters. The van der Waals surface area contributed by atoms with Crippen molar-refractivity contribution in [2.24, 2.45) is 10.7 Å². The molecule has 1 aliphatic heterocycles. The van der Waals surface area contributed by atoms with Gasteiger partial charge in [-0.25, -0.2) is 4.99 Å². The van der Waals surface area contributed by atoms with Crippen LogP contribution in [0.3, 0.4) is 0 Å². The quantitative estimate of drug-likeness (QED) is 0.458. The highest BCUT2D eigenvalue weighted by Gasteiger charge is 2.20. The molecule has 1 heterocycles. The number of rotatable bonds is 6. The summed E-state index contributed by atoms with van der Waals surface area (Å²) in [4.78, 5) is 19.1. The number of phenols is 1. The summed E-state index contributed by atoms with van der Waals surface area (Å²) in [6.45, 7) is 2.35. The van der Waals surface area contributed by atoms with Crippen molar-refractivity contribution in [2.45, 2.75) is 6.42 Å². The predicted molar refractivity (Wildman–Crippen MR) is 93.4 cm³/mol. The highest BCUT2D eigenvalue weighted by Crippen LogP contribution is 2.28. The number of nitrogens with two attached hydrogens (primary N) is 1. The van der Waals surface area contributed by atoms with Crippen LogP contribution in [0.25, 0.3) is 5.70 Å². The number of likely N-dealkylation sites (N-methyl/N-ethyl adjacent to an activating group) is 1. The first-order valence-corrected chi connectivity index (χ1v) is 7.80. The van der Waals surface area contributed by atoms with E-state index in [0.717, 1.165) is 24.0 Å². The molecule has 2 rings (SSSR count). The molecule has 24 heavy (non-hydrogen) atoms. The molecule has 1 aromatic rings. The Hall–Kier alpha value is -2.54. The van der Waals surface area contributed by atoms with E-state index in [4.69, 9.17) is 10.5 Å². The number of guanidine groups is 1. The summed E-state index contributed by atoms with van der Waals surface area (Å²) in [5.41, 5.74) is 8.62. The molecule has 0 radical (unpaired) electrons. The molecular formula is C17H24N4O3. The summed E-state index contributed by atoms with van der Waals surface area (Å²) in [5.74, 6) is 0.528. The lowest BCUT2D eigenvalue weighted by Crippen LogP contribution is -2.36. The number of nitrogens with zero attached hydrogens (tertiary/aromatic N) is 3. The molecule has 130 valence electrons. The number of ether oxygens (including phenoxy) is 1. The van der Waals surface area contributed by atoms with Gasteiger partial charge in [0.25, 0.3) is 0 Å².